The highest BCUT2D eigenvalue weighted by Crippen LogP contribution is 2.29. The molecule has 0 aliphatic heterocycles. The number of anilines is 1. The Morgan fingerprint density at radius 3 is 2.72 bits per heavy atom. The van der Waals surface area contributed by atoms with Crippen LogP contribution in [0.1, 0.15) is 5.56 Å². The van der Waals surface area contributed by atoms with Crippen LogP contribution >= 0.6 is 27.5 Å². The first-order valence-electron chi connectivity index (χ1n) is 5.18. The average Bonchev–Trinajstić information content (AvgIpc) is 2.31. The predicted molar refractivity (Wildman–Crippen MR) is 74.3 cm³/mol. The highest BCUT2D eigenvalue weighted by molar-refractivity contribution is 9.10. The molecule has 94 valence electrons. The number of para-hydroxylation sites is 1. The highest BCUT2D eigenvalue weighted by Gasteiger charge is 2.09. The number of nitrogen functional groups attached to an aromatic ring is 1. The molecule has 2 N–H and O–H groups in total. The van der Waals surface area contributed by atoms with Crippen molar-refractivity contribution in [2.24, 2.45) is 0 Å². The van der Waals surface area contributed by atoms with Gasteiger partial charge in [-0.2, -0.15) is 0 Å². The minimum Gasteiger partial charge on any atom is -0.484 e. The number of halogens is 3. The van der Waals surface area contributed by atoms with Gasteiger partial charge in [-0.25, -0.2) is 4.39 Å². The van der Waals surface area contributed by atoms with Crippen molar-refractivity contribution >= 4 is 33.2 Å². The van der Waals surface area contributed by atoms with E-state index in [-0.39, 0.29) is 17.4 Å². The zero-order valence-corrected chi connectivity index (χ0v) is 11.6. The Bertz CT molecular complexity index is 557. The fourth-order valence-corrected chi connectivity index (χ4v) is 2.06. The molecule has 0 radical (unpaired) electrons. The smallest absolute Gasteiger partial charge is 0.174 e. The normalized spacial score (nSPS) is 10.4. The van der Waals surface area contributed by atoms with E-state index in [0.29, 0.717) is 5.69 Å². The summed E-state index contributed by atoms with van der Waals surface area (Å²) in [5, 5.41) is 0.241. The van der Waals surface area contributed by atoms with Gasteiger partial charge in [-0.1, -0.05) is 39.7 Å². The summed E-state index contributed by atoms with van der Waals surface area (Å²) in [4.78, 5) is 0. The van der Waals surface area contributed by atoms with Gasteiger partial charge in [0.25, 0.3) is 0 Å². The van der Waals surface area contributed by atoms with Crippen LogP contribution in [0.5, 0.6) is 5.75 Å². The predicted octanol–water partition coefficient (Wildman–Crippen LogP) is 4.40. The second-order valence-corrected chi connectivity index (χ2v) is 5.01. The number of ether oxygens (including phenoxy) is 1. The van der Waals surface area contributed by atoms with E-state index in [2.05, 4.69) is 15.9 Å². The summed E-state index contributed by atoms with van der Waals surface area (Å²) < 4.78 is 19.7. The lowest BCUT2D eigenvalue weighted by Gasteiger charge is -2.10. The molecule has 2 rings (SSSR count). The first-order chi connectivity index (χ1) is 8.58. The molecule has 0 aliphatic rings. The standard InChI is InChI=1S/C13H10BrClFNO/c14-9-5-4-8(12(17)6-9)7-18-13-10(15)2-1-3-11(13)16/h1-6H,7,17H2. The molecule has 0 aromatic heterocycles. The molecule has 0 heterocycles. The van der Waals surface area contributed by atoms with E-state index in [9.17, 15) is 4.39 Å². The molecule has 0 saturated carbocycles. The number of rotatable bonds is 3. The van der Waals surface area contributed by atoms with Gasteiger partial charge in [-0.05, 0) is 24.3 Å². The van der Waals surface area contributed by atoms with E-state index < -0.39 is 5.82 Å². The summed E-state index contributed by atoms with van der Waals surface area (Å²) in [5.74, 6) is -0.445. The molecule has 0 atom stereocenters. The van der Waals surface area contributed by atoms with Crippen molar-refractivity contribution < 1.29 is 9.13 Å². The number of hydrogen-bond donors (Lipinski definition) is 1. The van der Waals surface area contributed by atoms with E-state index in [0.717, 1.165) is 10.0 Å². The van der Waals surface area contributed by atoms with Gasteiger partial charge < -0.3 is 10.5 Å². The Labute approximate surface area is 118 Å². The molecule has 2 aromatic carbocycles. The largest absolute Gasteiger partial charge is 0.484 e. The van der Waals surface area contributed by atoms with Crippen LogP contribution in [-0.2, 0) is 6.61 Å². The maximum absolute atomic E-state index is 13.5. The van der Waals surface area contributed by atoms with Gasteiger partial charge >= 0.3 is 0 Å². The lowest BCUT2D eigenvalue weighted by molar-refractivity contribution is 0.291. The molecule has 5 heteroatoms. The van der Waals surface area contributed by atoms with Crippen LogP contribution in [0.2, 0.25) is 5.02 Å². The van der Waals surface area contributed by atoms with Crippen molar-refractivity contribution in [3.05, 3.63) is 57.3 Å². The first-order valence-corrected chi connectivity index (χ1v) is 6.35. The summed E-state index contributed by atoms with van der Waals surface area (Å²) >= 11 is 9.17. The molecule has 0 bridgehead atoms. The minimum absolute atomic E-state index is 0.0430. The van der Waals surface area contributed by atoms with Gasteiger partial charge in [0, 0.05) is 15.7 Å². The van der Waals surface area contributed by atoms with Gasteiger partial charge in [0.15, 0.2) is 11.6 Å². The number of nitrogens with two attached hydrogens (primary N) is 1. The molecule has 0 fully saturated rings. The minimum atomic E-state index is -0.488. The zero-order chi connectivity index (χ0) is 13.1. The van der Waals surface area contributed by atoms with E-state index in [4.69, 9.17) is 22.1 Å². The molecule has 0 aliphatic carbocycles. The Morgan fingerprint density at radius 2 is 2.06 bits per heavy atom. The van der Waals surface area contributed by atoms with E-state index in [1.54, 1.807) is 12.1 Å². The average molecular weight is 331 g/mol. The summed E-state index contributed by atoms with van der Waals surface area (Å²) in [6, 6.07) is 9.82. The Hall–Kier alpha value is -1.26. The maximum atomic E-state index is 13.5. The lowest BCUT2D eigenvalue weighted by Crippen LogP contribution is -2.01. The molecule has 0 amide bonds. The second-order valence-electron chi connectivity index (χ2n) is 3.68. The van der Waals surface area contributed by atoms with Crippen LogP contribution in [0.25, 0.3) is 0 Å². The molecular weight excluding hydrogens is 321 g/mol. The quantitative estimate of drug-likeness (QED) is 0.846. The van der Waals surface area contributed by atoms with Crippen molar-refractivity contribution in [3.8, 4) is 5.75 Å². The molecule has 0 unspecified atom stereocenters. The molecular formula is C13H10BrClFNO. The monoisotopic (exact) mass is 329 g/mol. The molecule has 0 spiro atoms. The van der Waals surface area contributed by atoms with Crippen LogP contribution < -0.4 is 10.5 Å². The van der Waals surface area contributed by atoms with Gasteiger partial charge in [0.1, 0.15) is 6.61 Å². The van der Waals surface area contributed by atoms with Gasteiger partial charge in [0.05, 0.1) is 5.02 Å². The lowest BCUT2D eigenvalue weighted by atomic mass is 10.2. The number of hydrogen-bond acceptors (Lipinski definition) is 2. The second kappa shape index (κ2) is 5.59. The van der Waals surface area contributed by atoms with Gasteiger partial charge in [-0.3, -0.25) is 0 Å². The Kier molecular flexibility index (Phi) is 4.09. The third-order valence-electron chi connectivity index (χ3n) is 2.40. The van der Waals surface area contributed by atoms with Gasteiger partial charge in [-0.15, -0.1) is 0 Å². The highest BCUT2D eigenvalue weighted by atomic mass is 79.9. The summed E-state index contributed by atoms with van der Waals surface area (Å²) in [5.41, 5.74) is 7.18. The van der Waals surface area contributed by atoms with Crippen molar-refractivity contribution in [3.63, 3.8) is 0 Å². The van der Waals surface area contributed by atoms with Crippen LogP contribution in [-0.4, -0.2) is 0 Å². The molecule has 18 heavy (non-hydrogen) atoms. The fraction of sp³-hybridized carbons (Fsp3) is 0.0769. The van der Waals surface area contributed by atoms with Crippen LogP contribution in [0.15, 0.2) is 40.9 Å². The van der Waals surface area contributed by atoms with Crippen LogP contribution in [0.3, 0.4) is 0 Å². The maximum Gasteiger partial charge on any atom is 0.174 e. The number of benzene rings is 2. The topological polar surface area (TPSA) is 35.2 Å². The third kappa shape index (κ3) is 2.94. The van der Waals surface area contributed by atoms with Gasteiger partial charge in [0.2, 0.25) is 0 Å². The third-order valence-corrected chi connectivity index (χ3v) is 3.19. The fourth-order valence-electron chi connectivity index (χ4n) is 1.47. The van der Waals surface area contributed by atoms with E-state index in [1.807, 2.05) is 12.1 Å². The molecule has 2 nitrogen and oxygen atoms in total. The van der Waals surface area contributed by atoms with Crippen molar-refractivity contribution in [2.75, 3.05) is 5.73 Å². The summed E-state index contributed by atoms with van der Waals surface area (Å²) in [6.07, 6.45) is 0. The Balaban J connectivity index is 2.16. The summed E-state index contributed by atoms with van der Waals surface area (Å²) in [7, 11) is 0. The van der Waals surface area contributed by atoms with Crippen molar-refractivity contribution in [1.29, 1.82) is 0 Å². The van der Waals surface area contributed by atoms with Crippen molar-refractivity contribution in [2.45, 2.75) is 6.61 Å². The molecule has 0 saturated heterocycles. The van der Waals surface area contributed by atoms with E-state index >= 15 is 0 Å². The first kappa shape index (κ1) is 13.2. The zero-order valence-electron chi connectivity index (χ0n) is 9.29. The van der Waals surface area contributed by atoms with Crippen molar-refractivity contribution in [1.82, 2.24) is 0 Å². The SMILES string of the molecule is Nc1cc(Br)ccc1COc1c(F)cccc1Cl. The van der Waals surface area contributed by atoms with E-state index in [1.165, 1.54) is 12.1 Å². The van der Waals surface area contributed by atoms with Crippen LogP contribution in [0, 0.1) is 5.82 Å². The Morgan fingerprint density at radius 1 is 1.28 bits per heavy atom. The van der Waals surface area contributed by atoms with Crippen LogP contribution in [0.4, 0.5) is 10.1 Å². The summed E-state index contributed by atoms with van der Waals surface area (Å²) in [6.45, 7) is 0.166. The molecule has 2 aromatic rings.